The van der Waals surface area contributed by atoms with Crippen molar-refractivity contribution < 1.29 is 0 Å². The Hall–Kier alpha value is -2.38. The van der Waals surface area contributed by atoms with Crippen LogP contribution in [0.2, 0.25) is 0 Å². The molecule has 0 saturated heterocycles. The number of anilines is 1. The summed E-state index contributed by atoms with van der Waals surface area (Å²) in [6, 6.07) is 16.0. The molecule has 1 aromatic heterocycles. The van der Waals surface area contributed by atoms with Gasteiger partial charge in [-0.25, -0.2) is 4.98 Å². The van der Waals surface area contributed by atoms with Gasteiger partial charge in [-0.15, -0.1) is 0 Å². The van der Waals surface area contributed by atoms with Crippen molar-refractivity contribution in [2.45, 2.75) is 13.5 Å². The van der Waals surface area contributed by atoms with E-state index in [-0.39, 0.29) is 0 Å². The van der Waals surface area contributed by atoms with Gasteiger partial charge >= 0.3 is 0 Å². The molecule has 1 N–H and O–H groups in total. The lowest BCUT2D eigenvalue weighted by Gasteiger charge is -2.02. The van der Waals surface area contributed by atoms with Gasteiger partial charge in [-0.3, -0.25) is 0 Å². The highest BCUT2D eigenvalue weighted by Crippen LogP contribution is 2.26. The predicted octanol–water partition coefficient (Wildman–Crippen LogP) is 4.09. The fraction of sp³-hybridized carbons (Fsp3) is 0.125. The van der Waals surface area contributed by atoms with Crippen LogP contribution in [0.3, 0.4) is 0 Å². The van der Waals surface area contributed by atoms with Crippen LogP contribution < -0.4 is 5.32 Å². The van der Waals surface area contributed by atoms with Gasteiger partial charge in [-0.05, 0) is 42.3 Å². The lowest BCUT2D eigenvalue weighted by molar-refractivity contribution is 1.14. The number of aromatic nitrogens is 1. The number of hydrogen-bond donors (Lipinski definition) is 1. The molecular formula is C16H13N3S. The van der Waals surface area contributed by atoms with E-state index < -0.39 is 0 Å². The number of hydrogen-bond acceptors (Lipinski definition) is 4. The summed E-state index contributed by atoms with van der Waals surface area (Å²) in [5, 5.41) is 13.0. The quantitative estimate of drug-likeness (QED) is 0.785. The predicted molar refractivity (Wildman–Crippen MR) is 82.8 cm³/mol. The van der Waals surface area contributed by atoms with E-state index in [9.17, 15) is 0 Å². The summed E-state index contributed by atoms with van der Waals surface area (Å²) in [5.41, 5.74) is 4.09. The second-order valence-corrected chi connectivity index (χ2v) is 5.68. The fourth-order valence-corrected chi connectivity index (χ4v) is 2.83. The van der Waals surface area contributed by atoms with Crippen LogP contribution in [0.25, 0.3) is 10.2 Å². The molecule has 0 aliphatic rings. The molecule has 1 heterocycles. The maximum absolute atomic E-state index is 8.77. The molecule has 0 unspecified atom stereocenters. The Morgan fingerprint density at radius 3 is 2.75 bits per heavy atom. The van der Waals surface area contributed by atoms with Gasteiger partial charge in [-0.2, -0.15) is 5.26 Å². The van der Waals surface area contributed by atoms with E-state index in [0.29, 0.717) is 12.1 Å². The molecule has 0 radical (unpaired) electrons. The molecule has 3 aromatic rings. The number of nitriles is 1. The lowest BCUT2D eigenvalue weighted by Crippen LogP contribution is -1.98. The second kappa shape index (κ2) is 5.32. The summed E-state index contributed by atoms with van der Waals surface area (Å²) >= 11 is 1.66. The Bertz CT molecular complexity index is 782. The number of nitrogens with zero attached hydrogens (tertiary/aromatic N) is 2. The standard InChI is InChI=1S/C16H13N3S/c1-11-2-7-15-14(8-11)19-16(20-15)18-10-13-5-3-12(9-17)4-6-13/h2-8H,10H2,1H3,(H,18,19). The van der Waals surface area contributed by atoms with Gasteiger partial charge in [-0.1, -0.05) is 29.5 Å². The molecule has 20 heavy (non-hydrogen) atoms. The van der Waals surface area contributed by atoms with Crippen molar-refractivity contribution in [1.29, 1.82) is 5.26 Å². The topological polar surface area (TPSA) is 48.7 Å². The summed E-state index contributed by atoms with van der Waals surface area (Å²) in [6.45, 7) is 2.78. The van der Waals surface area contributed by atoms with Gasteiger partial charge in [0.05, 0.1) is 21.8 Å². The summed E-state index contributed by atoms with van der Waals surface area (Å²) < 4.78 is 1.19. The molecule has 4 heteroatoms. The minimum Gasteiger partial charge on any atom is -0.357 e. The van der Waals surface area contributed by atoms with Crippen LogP contribution in [0.1, 0.15) is 16.7 Å². The lowest BCUT2D eigenvalue weighted by atomic mass is 10.1. The van der Waals surface area contributed by atoms with Gasteiger partial charge in [0.2, 0.25) is 0 Å². The zero-order chi connectivity index (χ0) is 13.9. The van der Waals surface area contributed by atoms with E-state index >= 15 is 0 Å². The van der Waals surface area contributed by atoms with Gasteiger partial charge in [0.15, 0.2) is 5.13 Å². The molecular weight excluding hydrogens is 266 g/mol. The first-order valence-corrected chi connectivity index (χ1v) is 7.16. The molecule has 0 amide bonds. The Balaban J connectivity index is 1.74. The third-order valence-corrected chi connectivity index (χ3v) is 4.06. The van der Waals surface area contributed by atoms with Crippen LogP contribution in [-0.4, -0.2) is 4.98 Å². The molecule has 3 rings (SSSR count). The summed E-state index contributed by atoms with van der Waals surface area (Å²) in [4.78, 5) is 4.58. The third kappa shape index (κ3) is 2.63. The first-order chi connectivity index (χ1) is 9.74. The monoisotopic (exact) mass is 279 g/mol. The Morgan fingerprint density at radius 2 is 2.00 bits per heavy atom. The van der Waals surface area contributed by atoms with Crippen LogP contribution in [0.4, 0.5) is 5.13 Å². The highest BCUT2D eigenvalue weighted by Gasteiger charge is 2.03. The van der Waals surface area contributed by atoms with Gasteiger partial charge in [0, 0.05) is 6.54 Å². The number of aryl methyl sites for hydroxylation is 1. The maximum Gasteiger partial charge on any atom is 0.184 e. The van der Waals surface area contributed by atoms with Crippen LogP contribution in [-0.2, 0) is 6.54 Å². The minimum atomic E-state index is 0.684. The minimum absolute atomic E-state index is 0.684. The van der Waals surface area contributed by atoms with Crippen molar-refractivity contribution in [2.75, 3.05) is 5.32 Å². The first kappa shape index (κ1) is 12.6. The normalized spacial score (nSPS) is 10.4. The van der Waals surface area contributed by atoms with E-state index in [1.165, 1.54) is 10.3 Å². The molecule has 2 aromatic carbocycles. The van der Waals surface area contributed by atoms with Gasteiger partial charge < -0.3 is 5.32 Å². The third-order valence-electron chi connectivity index (χ3n) is 3.07. The van der Waals surface area contributed by atoms with E-state index in [4.69, 9.17) is 5.26 Å². The van der Waals surface area contributed by atoms with Crippen molar-refractivity contribution in [3.63, 3.8) is 0 Å². The average molecular weight is 279 g/mol. The van der Waals surface area contributed by atoms with Crippen LogP contribution in [0.15, 0.2) is 42.5 Å². The van der Waals surface area contributed by atoms with Gasteiger partial charge in [0.1, 0.15) is 0 Å². The van der Waals surface area contributed by atoms with Crippen molar-refractivity contribution in [3.8, 4) is 6.07 Å². The zero-order valence-electron chi connectivity index (χ0n) is 11.1. The van der Waals surface area contributed by atoms with E-state index in [1.807, 2.05) is 24.3 Å². The smallest absolute Gasteiger partial charge is 0.184 e. The molecule has 0 aliphatic heterocycles. The molecule has 0 atom stereocenters. The molecule has 3 nitrogen and oxygen atoms in total. The number of thiazole rings is 1. The highest BCUT2D eigenvalue weighted by atomic mass is 32.1. The molecule has 0 bridgehead atoms. The number of fused-ring (bicyclic) bond motifs is 1. The van der Waals surface area contributed by atoms with Crippen LogP contribution in [0, 0.1) is 18.3 Å². The van der Waals surface area contributed by atoms with E-state index in [1.54, 1.807) is 11.3 Å². The van der Waals surface area contributed by atoms with Crippen molar-refractivity contribution in [1.82, 2.24) is 4.98 Å². The van der Waals surface area contributed by atoms with Crippen molar-refractivity contribution in [2.24, 2.45) is 0 Å². The largest absolute Gasteiger partial charge is 0.357 e. The summed E-state index contributed by atoms with van der Waals surface area (Å²) in [7, 11) is 0. The van der Waals surface area contributed by atoms with Crippen LogP contribution >= 0.6 is 11.3 Å². The zero-order valence-corrected chi connectivity index (χ0v) is 11.9. The summed E-state index contributed by atoms with van der Waals surface area (Å²) in [5.74, 6) is 0. The number of rotatable bonds is 3. The molecule has 0 spiro atoms. The molecule has 0 aliphatic carbocycles. The van der Waals surface area contributed by atoms with Crippen molar-refractivity contribution in [3.05, 3.63) is 59.2 Å². The van der Waals surface area contributed by atoms with Crippen LogP contribution in [0.5, 0.6) is 0 Å². The molecule has 0 fully saturated rings. The first-order valence-electron chi connectivity index (χ1n) is 6.35. The Kier molecular flexibility index (Phi) is 3.36. The molecule has 0 saturated carbocycles. The number of benzene rings is 2. The second-order valence-electron chi connectivity index (χ2n) is 4.65. The Labute approximate surface area is 121 Å². The SMILES string of the molecule is Cc1ccc2sc(NCc3ccc(C#N)cc3)nc2c1. The van der Waals surface area contributed by atoms with E-state index in [2.05, 4.69) is 41.5 Å². The van der Waals surface area contributed by atoms with Gasteiger partial charge in [0.25, 0.3) is 0 Å². The van der Waals surface area contributed by atoms with Crippen molar-refractivity contribution >= 4 is 26.7 Å². The average Bonchev–Trinajstić information content (AvgIpc) is 2.87. The highest BCUT2D eigenvalue weighted by molar-refractivity contribution is 7.22. The fourth-order valence-electron chi connectivity index (χ4n) is 1.99. The van der Waals surface area contributed by atoms with E-state index in [0.717, 1.165) is 16.2 Å². The molecule has 98 valence electrons. The maximum atomic E-state index is 8.77. The number of nitrogens with one attached hydrogen (secondary N) is 1. The Morgan fingerprint density at radius 1 is 1.20 bits per heavy atom. The summed E-state index contributed by atoms with van der Waals surface area (Å²) in [6.07, 6.45) is 0.